The first-order chi connectivity index (χ1) is 10.1. The van der Waals surface area contributed by atoms with Crippen LogP contribution in [0.25, 0.3) is 0 Å². The molecule has 1 saturated heterocycles. The molecule has 0 aliphatic carbocycles. The van der Waals surface area contributed by atoms with Crippen LogP contribution in [0.4, 0.5) is 10.7 Å². The Labute approximate surface area is 129 Å². The van der Waals surface area contributed by atoms with Gasteiger partial charge in [0.1, 0.15) is 15.6 Å². The predicted molar refractivity (Wildman–Crippen MR) is 87.3 cm³/mol. The number of methoxy groups -OCH3 is 1. The number of nitrogens with two attached hydrogens (primary N) is 2. The number of thiophene rings is 1. The lowest BCUT2D eigenvalue weighted by Crippen LogP contribution is -2.39. The Balaban J connectivity index is 2.23. The Bertz CT molecular complexity index is 495. The number of rotatable bonds is 5. The Kier molecular flexibility index (Phi) is 5.30. The molecule has 7 heteroatoms. The van der Waals surface area contributed by atoms with Crippen LogP contribution in [0.3, 0.4) is 0 Å². The molecule has 0 aromatic carbocycles. The maximum Gasteiger partial charge on any atom is 0.263 e. The van der Waals surface area contributed by atoms with Gasteiger partial charge in [-0.1, -0.05) is 6.92 Å². The lowest BCUT2D eigenvalue weighted by molar-refractivity contribution is 0.0958. The molecule has 21 heavy (non-hydrogen) atoms. The summed E-state index contributed by atoms with van der Waals surface area (Å²) in [5.41, 5.74) is 12.5. The number of anilines is 2. The van der Waals surface area contributed by atoms with Crippen LogP contribution in [0.2, 0.25) is 0 Å². The molecule has 0 radical (unpaired) electrons. The number of hydrogen-bond acceptors (Lipinski definition) is 6. The fourth-order valence-corrected chi connectivity index (χ4v) is 3.57. The summed E-state index contributed by atoms with van der Waals surface area (Å²) in [4.78, 5) is 14.9. The van der Waals surface area contributed by atoms with Gasteiger partial charge in [0, 0.05) is 25.7 Å². The lowest BCUT2D eigenvalue weighted by atomic mass is 10.1. The first-order valence-corrected chi connectivity index (χ1v) is 8.15. The average molecular weight is 312 g/mol. The Morgan fingerprint density at radius 2 is 2.14 bits per heavy atom. The second-order valence-electron chi connectivity index (χ2n) is 5.26. The third-order valence-corrected chi connectivity index (χ3v) is 4.90. The van der Waals surface area contributed by atoms with E-state index in [-0.39, 0.29) is 11.9 Å². The van der Waals surface area contributed by atoms with E-state index >= 15 is 0 Å². The quantitative estimate of drug-likeness (QED) is 0.764. The molecule has 1 aliphatic heterocycles. The zero-order valence-electron chi connectivity index (χ0n) is 12.6. The first-order valence-electron chi connectivity index (χ1n) is 7.33. The Morgan fingerprint density at radius 3 is 2.71 bits per heavy atom. The van der Waals surface area contributed by atoms with Gasteiger partial charge >= 0.3 is 0 Å². The molecule has 1 aliphatic rings. The largest absolute Gasteiger partial charge is 0.492 e. The summed E-state index contributed by atoms with van der Waals surface area (Å²) >= 11 is 1.40. The second kappa shape index (κ2) is 7.00. The third kappa shape index (κ3) is 3.41. The van der Waals surface area contributed by atoms with Gasteiger partial charge in [0.2, 0.25) is 0 Å². The summed E-state index contributed by atoms with van der Waals surface area (Å²) in [5.74, 6) is 0.481. The van der Waals surface area contributed by atoms with E-state index < -0.39 is 0 Å². The first kappa shape index (κ1) is 15.9. The van der Waals surface area contributed by atoms with Gasteiger partial charge in [-0.3, -0.25) is 4.79 Å². The number of ether oxygens (including phenoxy) is 1. The molecule has 1 fully saturated rings. The molecule has 0 bridgehead atoms. The van der Waals surface area contributed by atoms with Crippen LogP contribution in [0.15, 0.2) is 0 Å². The number of hydrogen-bond donors (Lipinski definition) is 3. The molecule has 118 valence electrons. The molecule has 0 spiro atoms. The van der Waals surface area contributed by atoms with Gasteiger partial charge in [0.05, 0.1) is 7.11 Å². The second-order valence-corrected chi connectivity index (χ2v) is 6.26. The summed E-state index contributed by atoms with van der Waals surface area (Å²) < 4.78 is 5.42. The minimum atomic E-state index is -0.127. The van der Waals surface area contributed by atoms with Crippen LogP contribution in [0.1, 0.15) is 35.9 Å². The number of piperidine rings is 1. The van der Waals surface area contributed by atoms with Gasteiger partial charge < -0.3 is 26.4 Å². The van der Waals surface area contributed by atoms with Crippen molar-refractivity contribution in [3.63, 3.8) is 0 Å². The Morgan fingerprint density at radius 1 is 1.48 bits per heavy atom. The van der Waals surface area contributed by atoms with Crippen molar-refractivity contribution in [3.05, 3.63) is 4.88 Å². The van der Waals surface area contributed by atoms with Gasteiger partial charge in [-0.05, 0) is 19.3 Å². The number of nitrogen functional groups attached to an aromatic ring is 1. The van der Waals surface area contributed by atoms with E-state index in [1.807, 2.05) is 6.92 Å². The average Bonchev–Trinajstić information content (AvgIpc) is 2.82. The molecule has 1 aromatic rings. The van der Waals surface area contributed by atoms with Gasteiger partial charge in [0.25, 0.3) is 5.91 Å². The summed E-state index contributed by atoms with van der Waals surface area (Å²) in [6.07, 6.45) is 2.78. The van der Waals surface area contributed by atoms with Crippen molar-refractivity contribution >= 4 is 27.9 Å². The molecule has 2 heterocycles. The highest BCUT2D eigenvalue weighted by Gasteiger charge is 2.27. The van der Waals surface area contributed by atoms with E-state index in [4.69, 9.17) is 16.2 Å². The summed E-state index contributed by atoms with van der Waals surface area (Å²) in [6, 6.07) is 0.261. The van der Waals surface area contributed by atoms with Gasteiger partial charge in [0.15, 0.2) is 5.75 Å². The molecule has 6 nitrogen and oxygen atoms in total. The normalized spacial score (nSPS) is 16.0. The fourth-order valence-electron chi connectivity index (χ4n) is 2.41. The van der Waals surface area contributed by atoms with E-state index in [0.29, 0.717) is 22.9 Å². The van der Waals surface area contributed by atoms with Crippen molar-refractivity contribution in [2.24, 2.45) is 5.73 Å². The number of carbonyl (C=O) groups is 1. The van der Waals surface area contributed by atoms with Crippen molar-refractivity contribution in [2.75, 3.05) is 37.4 Å². The zero-order chi connectivity index (χ0) is 15.4. The number of carbonyl (C=O) groups excluding carboxylic acids is 1. The predicted octanol–water partition coefficient (Wildman–Crippen LogP) is 1.41. The van der Waals surface area contributed by atoms with Crippen LogP contribution < -0.4 is 26.4 Å². The van der Waals surface area contributed by atoms with Crippen LogP contribution >= 0.6 is 11.3 Å². The third-order valence-electron chi connectivity index (χ3n) is 3.65. The maximum atomic E-state index is 12.2. The highest BCUT2D eigenvalue weighted by atomic mass is 32.1. The summed E-state index contributed by atoms with van der Waals surface area (Å²) in [7, 11) is 1.59. The van der Waals surface area contributed by atoms with Crippen LogP contribution in [-0.2, 0) is 0 Å². The van der Waals surface area contributed by atoms with Crippen LogP contribution in [-0.4, -0.2) is 38.7 Å². The highest BCUT2D eigenvalue weighted by Crippen LogP contribution is 2.45. The van der Waals surface area contributed by atoms with E-state index in [1.54, 1.807) is 7.11 Å². The smallest absolute Gasteiger partial charge is 0.263 e. The molecule has 1 aromatic heterocycles. The summed E-state index contributed by atoms with van der Waals surface area (Å²) in [6.45, 7) is 4.40. The van der Waals surface area contributed by atoms with Gasteiger partial charge in [-0.15, -0.1) is 11.3 Å². The topological polar surface area (TPSA) is 93.6 Å². The molecule has 0 saturated carbocycles. The minimum absolute atomic E-state index is 0.127. The molecular weight excluding hydrogens is 288 g/mol. The standard InChI is InChI=1S/C14H24N4O2S/c1-3-6-17-13(19)12-10(16)11(20-2)14(21-12)18-7-4-9(15)5-8-18/h9H,3-8,15-16H2,1-2H3,(H,17,19). The molecule has 0 unspecified atom stereocenters. The fraction of sp³-hybridized carbons (Fsp3) is 0.643. The number of nitrogens with one attached hydrogen (secondary N) is 1. The SMILES string of the molecule is CCCNC(=O)c1sc(N2CCC(N)CC2)c(OC)c1N. The molecule has 0 atom stereocenters. The molecule has 1 amide bonds. The van der Waals surface area contributed by atoms with E-state index in [9.17, 15) is 4.79 Å². The van der Waals surface area contributed by atoms with Gasteiger partial charge in [-0.25, -0.2) is 0 Å². The van der Waals surface area contributed by atoms with Crippen molar-refractivity contribution in [1.29, 1.82) is 0 Å². The van der Waals surface area contributed by atoms with E-state index in [1.165, 1.54) is 11.3 Å². The minimum Gasteiger partial charge on any atom is -0.492 e. The van der Waals surface area contributed by atoms with Crippen molar-refractivity contribution in [2.45, 2.75) is 32.2 Å². The van der Waals surface area contributed by atoms with Crippen molar-refractivity contribution < 1.29 is 9.53 Å². The summed E-state index contributed by atoms with van der Waals surface area (Å²) in [5, 5.41) is 3.80. The lowest BCUT2D eigenvalue weighted by Gasteiger charge is -2.31. The molecule has 5 N–H and O–H groups in total. The van der Waals surface area contributed by atoms with Gasteiger partial charge in [-0.2, -0.15) is 0 Å². The van der Waals surface area contributed by atoms with Crippen molar-refractivity contribution in [3.8, 4) is 5.75 Å². The Hall–Kier alpha value is -1.47. The highest BCUT2D eigenvalue weighted by molar-refractivity contribution is 7.19. The zero-order valence-corrected chi connectivity index (χ0v) is 13.5. The maximum absolute atomic E-state index is 12.2. The number of amides is 1. The van der Waals surface area contributed by atoms with E-state index in [0.717, 1.165) is 37.4 Å². The van der Waals surface area contributed by atoms with Crippen molar-refractivity contribution in [1.82, 2.24) is 5.32 Å². The monoisotopic (exact) mass is 312 g/mol. The van der Waals surface area contributed by atoms with Crippen LogP contribution in [0, 0.1) is 0 Å². The van der Waals surface area contributed by atoms with Crippen LogP contribution in [0.5, 0.6) is 5.75 Å². The molecule has 2 rings (SSSR count). The number of nitrogens with zero attached hydrogens (tertiary/aromatic N) is 1. The molecular formula is C14H24N4O2S. The van der Waals surface area contributed by atoms with E-state index in [2.05, 4.69) is 10.2 Å².